The Morgan fingerprint density at radius 2 is 2.08 bits per heavy atom. The van der Waals surface area contributed by atoms with Crippen LogP contribution in [0.15, 0.2) is 25.0 Å². The summed E-state index contributed by atoms with van der Waals surface area (Å²) in [6, 6.07) is 0. The first-order valence-electron chi connectivity index (χ1n) is 3.78. The Morgan fingerprint density at radius 1 is 1.62 bits per heavy atom. The van der Waals surface area contributed by atoms with Crippen molar-refractivity contribution in [1.82, 2.24) is 0 Å². The molecule has 0 aromatic heterocycles. The minimum atomic E-state index is -0.395. The Balaban J connectivity index is 0. The molecule has 4 nitrogen and oxygen atoms in total. The number of ether oxygens (including phenoxy) is 1. The van der Waals surface area contributed by atoms with Crippen LogP contribution in [0.1, 0.15) is 13.3 Å². The van der Waals surface area contributed by atoms with E-state index in [0.29, 0.717) is 12.0 Å². The molecule has 0 fully saturated rings. The van der Waals surface area contributed by atoms with E-state index >= 15 is 0 Å². The van der Waals surface area contributed by atoms with E-state index in [1.807, 2.05) is 0 Å². The van der Waals surface area contributed by atoms with Crippen LogP contribution in [0.25, 0.3) is 0 Å². The fourth-order valence-electron chi connectivity index (χ4n) is 0.353. The van der Waals surface area contributed by atoms with Crippen molar-refractivity contribution in [3.63, 3.8) is 0 Å². The van der Waals surface area contributed by atoms with Gasteiger partial charge in [-0.1, -0.05) is 13.2 Å². The SMILES string of the molecule is C=C(C)C(=O)OCCCO.C=CO. The minimum absolute atomic E-state index is 0.0451. The molecule has 0 saturated carbocycles. The Morgan fingerprint density at radius 3 is 2.38 bits per heavy atom. The van der Waals surface area contributed by atoms with E-state index in [0.717, 1.165) is 6.26 Å². The van der Waals surface area contributed by atoms with E-state index in [2.05, 4.69) is 17.9 Å². The number of hydrogen-bond donors (Lipinski definition) is 2. The average Bonchev–Trinajstić information content (AvgIpc) is 2.06. The summed E-state index contributed by atoms with van der Waals surface area (Å²) in [6.45, 7) is 8.21. The maximum atomic E-state index is 10.6. The summed E-state index contributed by atoms with van der Waals surface area (Å²) in [5.41, 5.74) is 0.387. The van der Waals surface area contributed by atoms with Crippen molar-refractivity contribution in [1.29, 1.82) is 0 Å². The van der Waals surface area contributed by atoms with Crippen LogP contribution in [-0.2, 0) is 9.53 Å². The zero-order chi connectivity index (χ0) is 10.7. The minimum Gasteiger partial charge on any atom is -0.516 e. The molecule has 76 valence electrons. The molecule has 0 saturated heterocycles. The molecule has 0 spiro atoms. The molecule has 0 unspecified atom stereocenters. The largest absolute Gasteiger partial charge is 0.516 e. The van der Waals surface area contributed by atoms with Crippen molar-refractivity contribution in [3.8, 4) is 0 Å². The molecule has 0 aromatic rings. The topological polar surface area (TPSA) is 66.8 Å². The van der Waals surface area contributed by atoms with Gasteiger partial charge < -0.3 is 14.9 Å². The van der Waals surface area contributed by atoms with Crippen LogP contribution < -0.4 is 0 Å². The second-order valence-electron chi connectivity index (χ2n) is 2.18. The summed E-state index contributed by atoms with van der Waals surface area (Å²) in [6.07, 6.45) is 1.24. The van der Waals surface area contributed by atoms with E-state index in [9.17, 15) is 4.79 Å². The number of carbonyl (C=O) groups is 1. The van der Waals surface area contributed by atoms with E-state index < -0.39 is 5.97 Å². The Kier molecular flexibility index (Phi) is 11.7. The molecule has 13 heavy (non-hydrogen) atoms. The van der Waals surface area contributed by atoms with Gasteiger partial charge in [-0.15, -0.1) is 0 Å². The van der Waals surface area contributed by atoms with Crippen LogP contribution in [-0.4, -0.2) is 29.4 Å². The molecular formula is C9H16O4. The molecule has 0 aliphatic rings. The zero-order valence-electron chi connectivity index (χ0n) is 7.82. The Bertz CT molecular complexity index is 163. The second-order valence-corrected chi connectivity index (χ2v) is 2.18. The standard InChI is InChI=1S/C7H12O3.C2H4O/c1-6(2)7(9)10-5-3-4-8;1-2-3/h8H,1,3-5H2,2H3;2-3H,1H2. The van der Waals surface area contributed by atoms with Gasteiger partial charge in [0.1, 0.15) is 0 Å². The first-order valence-corrected chi connectivity index (χ1v) is 3.78. The summed E-state index contributed by atoms with van der Waals surface area (Å²) in [4.78, 5) is 10.6. The van der Waals surface area contributed by atoms with Gasteiger partial charge in [-0.05, 0) is 6.92 Å². The molecule has 0 aliphatic heterocycles. The summed E-state index contributed by atoms with van der Waals surface area (Å²) in [7, 11) is 0. The molecule has 0 atom stereocenters. The van der Waals surface area contributed by atoms with Crippen LogP contribution in [0.3, 0.4) is 0 Å². The lowest BCUT2D eigenvalue weighted by atomic mass is 10.4. The number of hydrogen-bond acceptors (Lipinski definition) is 4. The van der Waals surface area contributed by atoms with Crippen molar-refractivity contribution in [3.05, 3.63) is 25.0 Å². The Labute approximate surface area is 78.1 Å². The summed E-state index contributed by atoms with van der Waals surface area (Å²) in [5.74, 6) is -0.395. The highest BCUT2D eigenvalue weighted by Crippen LogP contribution is 1.92. The summed E-state index contributed by atoms with van der Waals surface area (Å²) in [5, 5.41) is 15.6. The second kappa shape index (κ2) is 10.7. The van der Waals surface area contributed by atoms with Crippen molar-refractivity contribution in [2.24, 2.45) is 0 Å². The lowest BCUT2D eigenvalue weighted by Gasteiger charge is -2.00. The van der Waals surface area contributed by atoms with E-state index in [-0.39, 0.29) is 13.2 Å². The van der Waals surface area contributed by atoms with Gasteiger partial charge in [0.15, 0.2) is 0 Å². The van der Waals surface area contributed by atoms with Crippen molar-refractivity contribution in [2.45, 2.75) is 13.3 Å². The number of carbonyl (C=O) groups excluding carboxylic acids is 1. The van der Waals surface area contributed by atoms with E-state index in [1.54, 1.807) is 6.92 Å². The maximum absolute atomic E-state index is 10.6. The van der Waals surface area contributed by atoms with Crippen molar-refractivity contribution in [2.75, 3.05) is 13.2 Å². The van der Waals surface area contributed by atoms with Crippen LogP contribution in [0, 0.1) is 0 Å². The highest BCUT2D eigenvalue weighted by Gasteiger charge is 2.00. The molecule has 0 rings (SSSR count). The average molecular weight is 188 g/mol. The fraction of sp³-hybridized carbons (Fsp3) is 0.444. The van der Waals surface area contributed by atoms with Crippen molar-refractivity contribution < 1.29 is 19.7 Å². The molecule has 0 aliphatic carbocycles. The van der Waals surface area contributed by atoms with E-state index in [1.165, 1.54) is 0 Å². The van der Waals surface area contributed by atoms with Gasteiger partial charge in [0.2, 0.25) is 0 Å². The maximum Gasteiger partial charge on any atom is 0.333 e. The molecule has 0 bridgehead atoms. The van der Waals surface area contributed by atoms with Crippen LogP contribution >= 0.6 is 0 Å². The Hall–Kier alpha value is -1.29. The summed E-state index contributed by atoms with van der Waals surface area (Å²) >= 11 is 0. The van der Waals surface area contributed by atoms with Gasteiger partial charge in [0, 0.05) is 18.6 Å². The number of rotatable bonds is 4. The van der Waals surface area contributed by atoms with Crippen molar-refractivity contribution >= 4 is 5.97 Å². The smallest absolute Gasteiger partial charge is 0.333 e. The third-order valence-electron chi connectivity index (χ3n) is 0.884. The fourth-order valence-corrected chi connectivity index (χ4v) is 0.353. The first-order chi connectivity index (χ1) is 6.09. The van der Waals surface area contributed by atoms with Gasteiger partial charge in [-0.25, -0.2) is 4.79 Å². The van der Waals surface area contributed by atoms with Crippen LogP contribution in [0.2, 0.25) is 0 Å². The zero-order valence-corrected chi connectivity index (χ0v) is 7.82. The van der Waals surface area contributed by atoms with Gasteiger partial charge in [-0.2, -0.15) is 0 Å². The highest BCUT2D eigenvalue weighted by molar-refractivity contribution is 5.86. The molecule has 0 aromatic carbocycles. The van der Waals surface area contributed by atoms with Gasteiger partial charge in [0.25, 0.3) is 0 Å². The molecule has 2 N–H and O–H groups in total. The first kappa shape index (κ1) is 14.2. The molecule has 4 heteroatoms. The number of aliphatic hydroxyl groups excluding tert-OH is 2. The quantitative estimate of drug-likeness (QED) is 0.301. The van der Waals surface area contributed by atoms with Gasteiger partial charge in [0.05, 0.1) is 12.9 Å². The predicted molar refractivity (Wildman–Crippen MR) is 50.3 cm³/mol. The van der Waals surface area contributed by atoms with E-state index in [4.69, 9.17) is 10.2 Å². The number of aliphatic hydroxyl groups is 2. The summed E-state index contributed by atoms with van der Waals surface area (Å²) < 4.78 is 4.65. The number of esters is 1. The molecule has 0 heterocycles. The van der Waals surface area contributed by atoms with Crippen LogP contribution in [0.4, 0.5) is 0 Å². The lowest BCUT2D eigenvalue weighted by molar-refractivity contribution is -0.139. The highest BCUT2D eigenvalue weighted by atomic mass is 16.5. The lowest BCUT2D eigenvalue weighted by Crippen LogP contribution is -2.06. The van der Waals surface area contributed by atoms with Crippen LogP contribution in [0.5, 0.6) is 0 Å². The van der Waals surface area contributed by atoms with Gasteiger partial charge in [-0.3, -0.25) is 0 Å². The predicted octanol–water partition coefficient (Wildman–Crippen LogP) is 1.18. The molecule has 0 amide bonds. The molecular weight excluding hydrogens is 172 g/mol. The molecule has 0 radical (unpaired) electrons. The van der Waals surface area contributed by atoms with Gasteiger partial charge >= 0.3 is 5.97 Å². The third-order valence-corrected chi connectivity index (χ3v) is 0.884. The monoisotopic (exact) mass is 188 g/mol. The third kappa shape index (κ3) is 13.7. The normalized spacial score (nSPS) is 7.85.